The molecule has 2 rings (SSSR count). The lowest BCUT2D eigenvalue weighted by molar-refractivity contribution is 0.0979. The molecule has 0 aliphatic rings. The zero-order chi connectivity index (χ0) is 15.2. The molecule has 108 valence electrons. The van der Waals surface area contributed by atoms with Gasteiger partial charge in [-0.2, -0.15) is 5.01 Å². The molecule has 1 heterocycles. The molecule has 1 aromatic heterocycles. The number of thiocarbonyl (C=S) groups is 1. The van der Waals surface area contributed by atoms with E-state index < -0.39 is 0 Å². The first kappa shape index (κ1) is 14.7. The van der Waals surface area contributed by atoms with Crippen molar-refractivity contribution >= 4 is 29.1 Å². The van der Waals surface area contributed by atoms with Gasteiger partial charge >= 0.3 is 0 Å². The molecule has 21 heavy (non-hydrogen) atoms. The van der Waals surface area contributed by atoms with Gasteiger partial charge in [0, 0.05) is 18.0 Å². The number of rotatable bonds is 3. The second-order valence-electron chi connectivity index (χ2n) is 3.91. The highest BCUT2D eigenvalue weighted by molar-refractivity contribution is 7.80. The van der Waals surface area contributed by atoms with Gasteiger partial charge in [0.2, 0.25) is 0 Å². The number of carbonyl (C=O) groups is 1. The van der Waals surface area contributed by atoms with Crippen LogP contribution >= 0.6 is 12.2 Å². The fraction of sp³-hybridized carbons (Fsp3) is 0.0769. The van der Waals surface area contributed by atoms with Crippen molar-refractivity contribution in [1.29, 1.82) is 0 Å². The summed E-state index contributed by atoms with van der Waals surface area (Å²) in [5, 5.41) is 1.08. The third-order valence-electron chi connectivity index (χ3n) is 2.54. The van der Waals surface area contributed by atoms with Crippen molar-refractivity contribution in [3.63, 3.8) is 0 Å². The summed E-state index contributed by atoms with van der Waals surface area (Å²) in [4.78, 5) is 20.5. The van der Waals surface area contributed by atoms with E-state index in [-0.39, 0.29) is 16.8 Å². The number of amides is 1. The van der Waals surface area contributed by atoms with Crippen LogP contribution in [0.25, 0.3) is 0 Å². The zero-order valence-corrected chi connectivity index (χ0v) is 12.0. The normalized spacial score (nSPS) is 9.76. The quantitative estimate of drug-likeness (QED) is 0.642. The Morgan fingerprint density at radius 2 is 2.05 bits per heavy atom. The molecular weight excluding hydrogens is 290 g/mol. The molecule has 0 spiro atoms. The van der Waals surface area contributed by atoms with Gasteiger partial charge in [-0.3, -0.25) is 15.2 Å². The Bertz CT molecular complexity index is 633. The highest BCUT2D eigenvalue weighted by Gasteiger charge is 2.19. The first-order valence-corrected chi connectivity index (χ1v) is 6.33. The summed E-state index contributed by atoms with van der Waals surface area (Å²) in [6.07, 6.45) is 4.39. The maximum atomic E-state index is 12.5. The second-order valence-corrected chi connectivity index (χ2v) is 4.35. The standard InChI is InChI=1S/C13H13N5O2S/c1-20-10-4-2-9(3-5-10)12(19)18(17-13(14)21)11-8-15-6-7-16-11/h2-8H,1H3,(H3,14,17,21). The molecule has 0 atom stereocenters. The van der Waals surface area contributed by atoms with Crippen LogP contribution in [0, 0.1) is 0 Å². The van der Waals surface area contributed by atoms with Gasteiger partial charge in [-0.25, -0.2) is 4.98 Å². The molecule has 0 radical (unpaired) electrons. The first-order chi connectivity index (χ1) is 10.1. The molecule has 1 aromatic carbocycles. The average Bonchev–Trinajstić information content (AvgIpc) is 2.53. The summed E-state index contributed by atoms with van der Waals surface area (Å²) in [5.74, 6) is 0.567. The van der Waals surface area contributed by atoms with Crippen LogP contribution in [0.3, 0.4) is 0 Å². The van der Waals surface area contributed by atoms with Crippen LogP contribution in [-0.2, 0) is 0 Å². The number of hydrazine groups is 1. The molecule has 0 aliphatic carbocycles. The Hall–Kier alpha value is -2.74. The summed E-state index contributed by atoms with van der Waals surface area (Å²) < 4.78 is 5.05. The number of hydrogen-bond donors (Lipinski definition) is 2. The van der Waals surface area contributed by atoms with Gasteiger partial charge in [0.05, 0.1) is 13.3 Å². The number of nitrogens with two attached hydrogens (primary N) is 1. The smallest absolute Gasteiger partial charge is 0.278 e. The second kappa shape index (κ2) is 6.62. The van der Waals surface area contributed by atoms with Crippen molar-refractivity contribution < 1.29 is 9.53 Å². The Morgan fingerprint density at radius 1 is 1.33 bits per heavy atom. The maximum Gasteiger partial charge on any atom is 0.278 e. The van der Waals surface area contributed by atoms with E-state index in [2.05, 4.69) is 15.4 Å². The lowest BCUT2D eigenvalue weighted by Gasteiger charge is -2.21. The summed E-state index contributed by atoms with van der Waals surface area (Å²) in [6.45, 7) is 0. The van der Waals surface area contributed by atoms with E-state index in [1.165, 1.54) is 18.6 Å². The number of carbonyl (C=O) groups excluding carboxylic acids is 1. The highest BCUT2D eigenvalue weighted by Crippen LogP contribution is 2.15. The number of ether oxygens (including phenoxy) is 1. The zero-order valence-electron chi connectivity index (χ0n) is 11.2. The van der Waals surface area contributed by atoms with E-state index in [0.29, 0.717) is 11.3 Å². The van der Waals surface area contributed by atoms with E-state index in [9.17, 15) is 4.79 Å². The molecule has 2 aromatic rings. The van der Waals surface area contributed by atoms with Crippen LogP contribution in [0.4, 0.5) is 5.82 Å². The van der Waals surface area contributed by atoms with Crippen LogP contribution in [-0.4, -0.2) is 28.1 Å². The average molecular weight is 303 g/mol. The van der Waals surface area contributed by atoms with E-state index in [0.717, 1.165) is 5.01 Å². The summed E-state index contributed by atoms with van der Waals surface area (Å²) in [7, 11) is 1.55. The summed E-state index contributed by atoms with van der Waals surface area (Å²) in [5.41, 5.74) is 8.45. The van der Waals surface area contributed by atoms with Crippen molar-refractivity contribution in [3.8, 4) is 5.75 Å². The van der Waals surface area contributed by atoms with Gasteiger partial charge in [-0.1, -0.05) is 0 Å². The Kier molecular flexibility index (Phi) is 4.62. The van der Waals surface area contributed by atoms with Gasteiger partial charge in [0.1, 0.15) is 5.75 Å². The first-order valence-electron chi connectivity index (χ1n) is 5.92. The number of benzene rings is 1. The van der Waals surface area contributed by atoms with Crippen molar-refractivity contribution in [2.24, 2.45) is 5.73 Å². The SMILES string of the molecule is COc1ccc(C(=O)N(NC(N)=S)c2cnccn2)cc1. The molecule has 0 bridgehead atoms. The number of nitrogens with one attached hydrogen (secondary N) is 1. The number of methoxy groups -OCH3 is 1. The lowest BCUT2D eigenvalue weighted by atomic mass is 10.2. The van der Waals surface area contributed by atoms with Crippen molar-refractivity contribution in [2.75, 3.05) is 12.1 Å². The maximum absolute atomic E-state index is 12.5. The van der Waals surface area contributed by atoms with Crippen LogP contribution in [0.1, 0.15) is 10.4 Å². The van der Waals surface area contributed by atoms with Gasteiger partial charge in [-0.15, -0.1) is 0 Å². The van der Waals surface area contributed by atoms with Crippen LogP contribution in [0.15, 0.2) is 42.9 Å². The molecule has 0 saturated carbocycles. The topological polar surface area (TPSA) is 93.4 Å². The lowest BCUT2D eigenvalue weighted by Crippen LogP contribution is -2.49. The molecule has 0 unspecified atom stereocenters. The van der Waals surface area contributed by atoms with Gasteiger partial charge in [-0.05, 0) is 36.5 Å². The predicted molar refractivity (Wildman–Crippen MR) is 81.8 cm³/mol. The van der Waals surface area contributed by atoms with E-state index in [4.69, 9.17) is 22.7 Å². The van der Waals surface area contributed by atoms with Gasteiger partial charge in [0.25, 0.3) is 5.91 Å². The van der Waals surface area contributed by atoms with E-state index in [1.807, 2.05) is 0 Å². The number of anilines is 1. The molecular formula is C13H13N5O2S. The van der Waals surface area contributed by atoms with Crippen molar-refractivity contribution in [2.45, 2.75) is 0 Å². The molecule has 7 nitrogen and oxygen atoms in total. The fourth-order valence-electron chi connectivity index (χ4n) is 1.59. The summed E-state index contributed by atoms with van der Waals surface area (Å²) in [6, 6.07) is 6.63. The highest BCUT2D eigenvalue weighted by atomic mass is 32.1. The minimum atomic E-state index is -0.369. The van der Waals surface area contributed by atoms with E-state index >= 15 is 0 Å². The number of nitrogens with zero attached hydrogens (tertiary/aromatic N) is 3. The van der Waals surface area contributed by atoms with E-state index in [1.54, 1.807) is 31.4 Å². The monoisotopic (exact) mass is 303 g/mol. The fourth-order valence-corrected chi connectivity index (χ4v) is 1.68. The van der Waals surface area contributed by atoms with Crippen LogP contribution < -0.4 is 20.9 Å². The molecule has 0 saturated heterocycles. The Morgan fingerprint density at radius 3 is 2.57 bits per heavy atom. The minimum absolute atomic E-state index is 0.0532. The minimum Gasteiger partial charge on any atom is -0.497 e. The molecule has 3 N–H and O–H groups in total. The number of aromatic nitrogens is 2. The van der Waals surface area contributed by atoms with Gasteiger partial charge in [0.15, 0.2) is 10.9 Å². The van der Waals surface area contributed by atoms with Crippen molar-refractivity contribution in [1.82, 2.24) is 15.4 Å². The molecule has 8 heteroatoms. The van der Waals surface area contributed by atoms with Gasteiger partial charge < -0.3 is 10.5 Å². The Labute approximate surface area is 126 Å². The van der Waals surface area contributed by atoms with Crippen LogP contribution in [0.5, 0.6) is 5.75 Å². The van der Waals surface area contributed by atoms with Crippen molar-refractivity contribution in [3.05, 3.63) is 48.4 Å². The van der Waals surface area contributed by atoms with Crippen LogP contribution in [0.2, 0.25) is 0 Å². The summed E-state index contributed by atoms with van der Waals surface area (Å²) >= 11 is 4.79. The molecule has 0 aliphatic heterocycles. The predicted octanol–water partition coefficient (Wildman–Crippen LogP) is 0.880. The Balaban J connectivity index is 2.31. The third kappa shape index (κ3) is 3.63. The molecule has 0 fully saturated rings. The third-order valence-corrected chi connectivity index (χ3v) is 2.63. The largest absolute Gasteiger partial charge is 0.497 e. The number of hydrogen-bond acceptors (Lipinski definition) is 5. The molecule has 1 amide bonds.